The van der Waals surface area contributed by atoms with Gasteiger partial charge in [-0.05, 0) is 50.8 Å². The summed E-state index contributed by atoms with van der Waals surface area (Å²) in [4.78, 5) is 4.09. The zero-order valence-corrected chi connectivity index (χ0v) is 10.4. The van der Waals surface area contributed by atoms with Gasteiger partial charge in [-0.3, -0.25) is 0 Å². The van der Waals surface area contributed by atoms with Gasteiger partial charge in [-0.1, -0.05) is 13.0 Å². The topological polar surface area (TPSA) is 50.9 Å². The number of nitrogens with zero attached hydrogens (tertiary/aromatic N) is 1. The van der Waals surface area contributed by atoms with Crippen LogP contribution in [0.2, 0.25) is 0 Å². The minimum atomic E-state index is 0.595. The molecule has 1 aromatic rings. The number of hydrogen-bond donors (Lipinski definition) is 2. The van der Waals surface area contributed by atoms with E-state index in [1.54, 1.807) is 6.20 Å². The number of pyridine rings is 1. The minimum Gasteiger partial charge on any atom is -0.383 e. The highest BCUT2D eigenvalue weighted by Crippen LogP contribution is 2.11. The molecule has 0 saturated carbocycles. The van der Waals surface area contributed by atoms with Crippen molar-refractivity contribution >= 4 is 5.82 Å². The quantitative estimate of drug-likeness (QED) is 0.743. The number of aromatic nitrogens is 1. The van der Waals surface area contributed by atoms with E-state index < -0.39 is 0 Å². The predicted molar refractivity (Wildman–Crippen MR) is 69.3 cm³/mol. The molecular weight excluding hydrogens is 198 g/mol. The van der Waals surface area contributed by atoms with Gasteiger partial charge in [-0.25, -0.2) is 4.98 Å². The summed E-state index contributed by atoms with van der Waals surface area (Å²) in [5, 5.41) is 3.49. The van der Waals surface area contributed by atoms with Crippen LogP contribution in [0.5, 0.6) is 0 Å². The lowest BCUT2D eigenvalue weighted by Gasteiger charge is -2.12. The lowest BCUT2D eigenvalue weighted by atomic mass is 10.1. The zero-order chi connectivity index (χ0) is 11.8. The summed E-state index contributed by atoms with van der Waals surface area (Å²) in [6, 6.07) is 4.61. The molecule has 1 aromatic heterocycles. The molecule has 0 aliphatic rings. The first kappa shape index (κ1) is 13.0. The lowest BCUT2D eigenvalue weighted by molar-refractivity contribution is 0.498. The van der Waals surface area contributed by atoms with Gasteiger partial charge in [-0.15, -0.1) is 0 Å². The van der Waals surface area contributed by atoms with Gasteiger partial charge >= 0.3 is 0 Å². The normalized spacial score (nSPS) is 12.6. The van der Waals surface area contributed by atoms with Gasteiger partial charge < -0.3 is 11.1 Å². The molecular formula is C13H23N3. The maximum atomic E-state index is 5.79. The molecule has 0 amide bonds. The molecule has 1 heterocycles. The molecule has 0 bridgehead atoms. The van der Waals surface area contributed by atoms with Crippen LogP contribution in [0.4, 0.5) is 5.82 Å². The Morgan fingerprint density at radius 2 is 2.31 bits per heavy atom. The molecule has 3 heteroatoms. The SMILES string of the molecule is CCCNC(C)CCCc1cccnc1N. The van der Waals surface area contributed by atoms with Crippen LogP contribution in [0.1, 0.15) is 38.7 Å². The van der Waals surface area contributed by atoms with Crippen LogP contribution in [-0.2, 0) is 6.42 Å². The number of nitrogen functional groups attached to an aromatic ring is 1. The fourth-order valence-corrected chi connectivity index (χ4v) is 1.75. The zero-order valence-electron chi connectivity index (χ0n) is 10.4. The highest BCUT2D eigenvalue weighted by Gasteiger charge is 2.02. The molecule has 1 unspecified atom stereocenters. The van der Waals surface area contributed by atoms with Crippen molar-refractivity contribution in [1.29, 1.82) is 0 Å². The second kappa shape index (κ2) is 7.23. The third kappa shape index (κ3) is 4.62. The van der Waals surface area contributed by atoms with Crippen molar-refractivity contribution in [2.24, 2.45) is 0 Å². The Hall–Kier alpha value is -1.09. The monoisotopic (exact) mass is 221 g/mol. The summed E-state index contributed by atoms with van der Waals surface area (Å²) in [7, 11) is 0. The standard InChI is InChI=1S/C13H23N3/c1-3-9-15-11(2)6-4-7-12-8-5-10-16-13(12)14/h5,8,10-11,15H,3-4,6-7,9H2,1-2H3,(H2,14,16). The highest BCUT2D eigenvalue weighted by atomic mass is 14.9. The van der Waals surface area contributed by atoms with Crippen LogP contribution >= 0.6 is 0 Å². The predicted octanol–water partition coefficient (Wildman–Crippen LogP) is 2.37. The number of aryl methyl sites for hydroxylation is 1. The van der Waals surface area contributed by atoms with Crippen molar-refractivity contribution in [3.63, 3.8) is 0 Å². The van der Waals surface area contributed by atoms with Gasteiger partial charge in [0.05, 0.1) is 0 Å². The molecule has 3 nitrogen and oxygen atoms in total. The first-order valence-corrected chi connectivity index (χ1v) is 6.16. The van der Waals surface area contributed by atoms with Crippen molar-refractivity contribution < 1.29 is 0 Å². The lowest BCUT2D eigenvalue weighted by Crippen LogP contribution is -2.26. The highest BCUT2D eigenvalue weighted by molar-refractivity contribution is 5.38. The van der Waals surface area contributed by atoms with E-state index in [0.29, 0.717) is 11.9 Å². The van der Waals surface area contributed by atoms with Gasteiger partial charge in [-0.2, -0.15) is 0 Å². The number of rotatable bonds is 7. The molecule has 0 radical (unpaired) electrons. The molecule has 16 heavy (non-hydrogen) atoms. The minimum absolute atomic E-state index is 0.595. The van der Waals surface area contributed by atoms with Gasteiger partial charge in [0.15, 0.2) is 0 Å². The van der Waals surface area contributed by atoms with Gasteiger partial charge in [0.2, 0.25) is 0 Å². The number of nitrogens with one attached hydrogen (secondary N) is 1. The van der Waals surface area contributed by atoms with Crippen molar-refractivity contribution in [3.8, 4) is 0 Å². The van der Waals surface area contributed by atoms with Crippen molar-refractivity contribution in [2.45, 2.75) is 45.6 Å². The Bertz CT molecular complexity index is 299. The van der Waals surface area contributed by atoms with E-state index >= 15 is 0 Å². The maximum Gasteiger partial charge on any atom is 0.126 e. The number of anilines is 1. The van der Waals surface area contributed by atoms with Crippen LogP contribution in [0.3, 0.4) is 0 Å². The molecule has 3 N–H and O–H groups in total. The first-order chi connectivity index (χ1) is 7.74. The molecule has 0 saturated heterocycles. The third-order valence-electron chi connectivity index (χ3n) is 2.75. The second-order valence-corrected chi connectivity index (χ2v) is 4.30. The Morgan fingerprint density at radius 1 is 1.50 bits per heavy atom. The largest absolute Gasteiger partial charge is 0.383 e. The fourth-order valence-electron chi connectivity index (χ4n) is 1.75. The van der Waals surface area contributed by atoms with E-state index in [2.05, 4.69) is 30.2 Å². The van der Waals surface area contributed by atoms with E-state index in [0.717, 1.165) is 19.4 Å². The Morgan fingerprint density at radius 3 is 3.00 bits per heavy atom. The molecule has 0 spiro atoms. The van der Waals surface area contributed by atoms with Crippen molar-refractivity contribution in [2.75, 3.05) is 12.3 Å². The molecule has 90 valence electrons. The van der Waals surface area contributed by atoms with E-state index in [9.17, 15) is 0 Å². The van der Waals surface area contributed by atoms with E-state index in [-0.39, 0.29) is 0 Å². The fraction of sp³-hybridized carbons (Fsp3) is 0.615. The average Bonchev–Trinajstić information content (AvgIpc) is 2.29. The van der Waals surface area contributed by atoms with Gasteiger partial charge in [0.1, 0.15) is 5.82 Å². The molecule has 0 aliphatic heterocycles. The summed E-state index contributed by atoms with van der Waals surface area (Å²) in [6.45, 7) is 5.54. The van der Waals surface area contributed by atoms with Crippen LogP contribution in [0.25, 0.3) is 0 Å². The van der Waals surface area contributed by atoms with Crippen LogP contribution in [0, 0.1) is 0 Å². The molecule has 1 atom stereocenters. The maximum absolute atomic E-state index is 5.79. The molecule has 0 aromatic carbocycles. The Labute approximate surface area is 98.5 Å². The van der Waals surface area contributed by atoms with E-state index in [1.807, 2.05) is 6.07 Å². The van der Waals surface area contributed by atoms with E-state index in [1.165, 1.54) is 18.4 Å². The Balaban J connectivity index is 2.23. The molecule has 0 fully saturated rings. The summed E-state index contributed by atoms with van der Waals surface area (Å²) in [6.07, 6.45) is 6.31. The van der Waals surface area contributed by atoms with Gasteiger partial charge in [0, 0.05) is 12.2 Å². The van der Waals surface area contributed by atoms with Crippen LogP contribution in [-0.4, -0.2) is 17.6 Å². The summed E-state index contributed by atoms with van der Waals surface area (Å²) < 4.78 is 0. The van der Waals surface area contributed by atoms with Crippen LogP contribution < -0.4 is 11.1 Å². The summed E-state index contributed by atoms with van der Waals surface area (Å²) >= 11 is 0. The second-order valence-electron chi connectivity index (χ2n) is 4.30. The third-order valence-corrected chi connectivity index (χ3v) is 2.75. The van der Waals surface area contributed by atoms with Crippen molar-refractivity contribution in [3.05, 3.63) is 23.9 Å². The van der Waals surface area contributed by atoms with Crippen LogP contribution in [0.15, 0.2) is 18.3 Å². The summed E-state index contributed by atoms with van der Waals surface area (Å²) in [5.41, 5.74) is 6.96. The average molecular weight is 221 g/mol. The Kier molecular flexibility index (Phi) is 5.86. The molecule has 0 aliphatic carbocycles. The summed E-state index contributed by atoms with van der Waals surface area (Å²) in [5.74, 6) is 0.677. The first-order valence-electron chi connectivity index (χ1n) is 6.16. The van der Waals surface area contributed by atoms with Crippen molar-refractivity contribution in [1.82, 2.24) is 10.3 Å². The molecule has 1 rings (SSSR count). The smallest absolute Gasteiger partial charge is 0.126 e. The van der Waals surface area contributed by atoms with E-state index in [4.69, 9.17) is 5.73 Å². The number of hydrogen-bond acceptors (Lipinski definition) is 3. The number of nitrogens with two attached hydrogens (primary N) is 1. The van der Waals surface area contributed by atoms with Gasteiger partial charge in [0.25, 0.3) is 0 Å².